The van der Waals surface area contributed by atoms with E-state index in [0.29, 0.717) is 0 Å². The zero-order valence-electron chi connectivity index (χ0n) is 12.6. The average Bonchev–Trinajstić information content (AvgIpc) is 2.79. The molecule has 118 valence electrons. The number of hydrogen-bond acceptors (Lipinski definition) is 6. The van der Waals surface area contributed by atoms with Gasteiger partial charge in [0.2, 0.25) is 0 Å². The van der Waals surface area contributed by atoms with Crippen molar-refractivity contribution in [2.75, 3.05) is 0 Å². The topological polar surface area (TPSA) is 110 Å². The van der Waals surface area contributed by atoms with Crippen LogP contribution in [0.2, 0.25) is 0 Å². The molecule has 1 spiro atoms. The maximum absolute atomic E-state index is 13.3. The normalized spacial score (nSPS) is 30.5. The van der Waals surface area contributed by atoms with Gasteiger partial charge in [-0.05, 0) is 19.1 Å². The fourth-order valence-corrected chi connectivity index (χ4v) is 3.95. The Hall–Kier alpha value is -3.17. The van der Waals surface area contributed by atoms with Gasteiger partial charge < -0.3 is 15.5 Å². The van der Waals surface area contributed by atoms with E-state index >= 15 is 0 Å². The summed E-state index contributed by atoms with van der Waals surface area (Å²) in [5.74, 6) is -1.58. The highest BCUT2D eigenvalue weighted by atomic mass is 16.3. The van der Waals surface area contributed by atoms with Crippen molar-refractivity contribution in [3.05, 3.63) is 64.4 Å². The Labute approximate surface area is 137 Å². The minimum atomic E-state index is -1.98. The number of rotatable bonds is 0. The van der Waals surface area contributed by atoms with Crippen molar-refractivity contribution >= 4 is 17.3 Å². The van der Waals surface area contributed by atoms with Crippen LogP contribution in [0.4, 0.5) is 0 Å². The first-order chi connectivity index (χ1) is 11.4. The van der Waals surface area contributed by atoms with Gasteiger partial charge in [-0.25, -0.2) is 0 Å². The second kappa shape index (κ2) is 4.22. The zero-order valence-corrected chi connectivity index (χ0v) is 12.6. The molecular formula is C18H12N2O4. The second-order valence-corrected chi connectivity index (χ2v) is 6.05. The van der Waals surface area contributed by atoms with Gasteiger partial charge in [0.15, 0.2) is 22.7 Å². The molecule has 2 unspecified atom stereocenters. The Morgan fingerprint density at radius 3 is 2.54 bits per heavy atom. The van der Waals surface area contributed by atoms with Gasteiger partial charge in [0.05, 0.1) is 17.2 Å². The monoisotopic (exact) mass is 320 g/mol. The minimum Gasteiger partial charge on any atom is -0.507 e. The van der Waals surface area contributed by atoms with Crippen LogP contribution in [0, 0.1) is 16.7 Å². The predicted octanol–water partition coefficient (Wildman–Crippen LogP) is 1.37. The predicted molar refractivity (Wildman–Crippen MR) is 83.3 cm³/mol. The van der Waals surface area contributed by atoms with Crippen molar-refractivity contribution in [2.45, 2.75) is 12.6 Å². The molecule has 0 bridgehead atoms. The highest BCUT2D eigenvalue weighted by Crippen LogP contribution is 2.58. The second-order valence-electron chi connectivity index (χ2n) is 6.05. The molecule has 0 saturated carbocycles. The average molecular weight is 320 g/mol. The summed E-state index contributed by atoms with van der Waals surface area (Å²) in [4.78, 5) is 25.9. The Kier molecular flexibility index (Phi) is 2.53. The first kappa shape index (κ1) is 14.4. The molecule has 0 amide bonds. The van der Waals surface area contributed by atoms with Gasteiger partial charge in [0, 0.05) is 16.8 Å². The number of carbonyl (C=O) groups is 2. The van der Waals surface area contributed by atoms with E-state index in [0.717, 1.165) is 6.08 Å². The third-order valence-electron chi connectivity index (χ3n) is 4.91. The number of ketones is 2. The summed E-state index contributed by atoms with van der Waals surface area (Å²) in [6, 6.07) is 8.22. The van der Waals surface area contributed by atoms with Gasteiger partial charge in [-0.15, -0.1) is 0 Å². The molecule has 3 aliphatic rings. The number of carbonyl (C=O) groups excluding carboxylic acids is 2. The lowest BCUT2D eigenvalue weighted by Gasteiger charge is -2.45. The largest absolute Gasteiger partial charge is 0.507 e. The lowest BCUT2D eigenvalue weighted by Crippen LogP contribution is -2.61. The molecule has 24 heavy (non-hydrogen) atoms. The molecule has 1 aromatic carbocycles. The summed E-state index contributed by atoms with van der Waals surface area (Å²) in [5.41, 5.74) is -3.63. The van der Waals surface area contributed by atoms with Crippen LogP contribution in [-0.4, -0.2) is 27.5 Å². The summed E-state index contributed by atoms with van der Waals surface area (Å²) < 4.78 is 0. The molecular weight excluding hydrogens is 308 g/mol. The number of aliphatic hydroxyl groups is 2. The number of allylic oxidation sites excluding steroid dienone is 2. The molecule has 0 saturated heterocycles. The van der Waals surface area contributed by atoms with Crippen LogP contribution >= 0.6 is 0 Å². The molecule has 4 rings (SSSR count). The smallest absolute Gasteiger partial charge is 0.187 e. The van der Waals surface area contributed by atoms with Gasteiger partial charge in [-0.2, -0.15) is 5.26 Å². The van der Waals surface area contributed by atoms with Crippen molar-refractivity contribution < 1.29 is 19.8 Å². The zero-order chi connectivity index (χ0) is 17.3. The number of Topliss-reactive ketones (excluding diaryl/α,β-unsaturated/α-hetero) is 1. The SMILES string of the molecule is CC1=C(C#N)C23C(=O)c4ccccc4C(O)=C2C(=O)C=CC3(O)N1. The molecule has 2 aliphatic carbocycles. The fraction of sp³-hybridized carbons (Fsp3) is 0.167. The summed E-state index contributed by atoms with van der Waals surface area (Å²) in [6.07, 6.45) is 2.28. The van der Waals surface area contributed by atoms with E-state index < -0.39 is 22.7 Å². The molecule has 0 aromatic heterocycles. The van der Waals surface area contributed by atoms with Crippen LogP contribution in [-0.2, 0) is 4.79 Å². The first-order valence-electron chi connectivity index (χ1n) is 7.32. The standard InChI is InChI=1S/C18H12N2O4/c1-9-12(8-19)18-14(13(21)6-7-17(18,24)20-9)15(22)10-4-2-3-5-11(10)16(18)23/h2-7,20,22,24H,1H3. The molecule has 1 aromatic rings. The van der Waals surface area contributed by atoms with E-state index in [9.17, 15) is 25.1 Å². The van der Waals surface area contributed by atoms with Crippen LogP contribution in [0.3, 0.4) is 0 Å². The molecule has 3 N–H and O–H groups in total. The Morgan fingerprint density at radius 1 is 1.21 bits per heavy atom. The third-order valence-corrected chi connectivity index (χ3v) is 4.91. The van der Waals surface area contributed by atoms with Crippen LogP contribution in [0.5, 0.6) is 0 Å². The summed E-state index contributed by atoms with van der Waals surface area (Å²) in [7, 11) is 0. The maximum Gasteiger partial charge on any atom is 0.187 e. The van der Waals surface area contributed by atoms with Crippen molar-refractivity contribution in [3.63, 3.8) is 0 Å². The summed E-state index contributed by atoms with van der Waals surface area (Å²) >= 11 is 0. The van der Waals surface area contributed by atoms with Gasteiger partial charge in [-0.1, -0.05) is 24.3 Å². The lowest BCUT2D eigenvalue weighted by atomic mass is 9.57. The quantitative estimate of drug-likeness (QED) is 0.666. The maximum atomic E-state index is 13.3. The van der Waals surface area contributed by atoms with Crippen LogP contribution in [0.25, 0.3) is 5.76 Å². The molecule has 2 atom stereocenters. The van der Waals surface area contributed by atoms with Gasteiger partial charge in [0.25, 0.3) is 0 Å². The van der Waals surface area contributed by atoms with E-state index in [1.165, 1.54) is 18.2 Å². The molecule has 0 fully saturated rings. The van der Waals surface area contributed by atoms with Gasteiger partial charge >= 0.3 is 0 Å². The Morgan fingerprint density at radius 2 is 1.88 bits per heavy atom. The van der Waals surface area contributed by atoms with E-state index in [4.69, 9.17) is 0 Å². The Balaban J connectivity index is 2.22. The molecule has 1 aliphatic heterocycles. The minimum absolute atomic E-state index is 0.0660. The van der Waals surface area contributed by atoms with Crippen LogP contribution in [0.1, 0.15) is 22.8 Å². The number of nitrogens with zero attached hydrogens (tertiary/aromatic N) is 1. The first-order valence-corrected chi connectivity index (χ1v) is 7.32. The summed E-state index contributed by atoms with van der Waals surface area (Å²) in [5, 5.41) is 34.1. The van der Waals surface area contributed by atoms with Crippen LogP contribution < -0.4 is 5.32 Å². The van der Waals surface area contributed by atoms with E-state index in [2.05, 4.69) is 5.32 Å². The van der Waals surface area contributed by atoms with Crippen molar-refractivity contribution in [2.24, 2.45) is 5.41 Å². The van der Waals surface area contributed by atoms with E-state index in [1.54, 1.807) is 19.1 Å². The fourth-order valence-electron chi connectivity index (χ4n) is 3.95. The lowest BCUT2D eigenvalue weighted by molar-refractivity contribution is -0.114. The van der Waals surface area contributed by atoms with E-state index in [-0.39, 0.29) is 33.7 Å². The Bertz CT molecular complexity index is 979. The molecule has 1 heterocycles. The third kappa shape index (κ3) is 1.30. The number of nitrogens with one attached hydrogen (secondary N) is 1. The number of hydrogen-bond donors (Lipinski definition) is 3. The van der Waals surface area contributed by atoms with Crippen LogP contribution in [0.15, 0.2) is 53.3 Å². The van der Waals surface area contributed by atoms with Gasteiger partial charge in [0.1, 0.15) is 5.76 Å². The summed E-state index contributed by atoms with van der Waals surface area (Å²) in [6.45, 7) is 1.55. The molecule has 0 radical (unpaired) electrons. The molecule has 6 nitrogen and oxygen atoms in total. The van der Waals surface area contributed by atoms with Crippen molar-refractivity contribution in [3.8, 4) is 6.07 Å². The number of aliphatic hydroxyl groups excluding tert-OH is 1. The number of fused-ring (bicyclic) bond motifs is 1. The van der Waals surface area contributed by atoms with Crippen molar-refractivity contribution in [1.82, 2.24) is 5.32 Å². The van der Waals surface area contributed by atoms with Crippen molar-refractivity contribution in [1.29, 1.82) is 5.26 Å². The van der Waals surface area contributed by atoms with E-state index in [1.807, 2.05) is 6.07 Å². The highest BCUT2D eigenvalue weighted by molar-refractivity contribution is 6.24. The molecule has 6 heteroatoms. The highest BCUT2D eigenvalue weighted by Gasteiger charge is 2.69. The van der Waals surface area contributed by atoms with Gasteiger partial charge in [-0.3, -0.25) is 9.59 Å². The number of nitriles is 1. The number of benzene rings is 1.